The average molecular weight is 460 g/mol. The van der Waals surface area contributed by atoms with Crippen molar-refractivity contribution in [3.63, 3.8) is 0 Å². The Kier molecular flexibility index (Phi) is 6.80. The first-order valence-electron chi connectivity index (χ1n) is 10.7. The van der Waals surface area contributed by atoms with Crippen LogP contribution in [0.5, 0.6) is 5.88 Å². The first kappa shape index (κ1) is 23.0. The van der Waals surface area contributed by atoms with Crippen LogP contribution in [-0.2, 0) is 17.8 Å². The summed E-state index contributed by atoms with van der Waals surface area (Å²) in [6, 6.07) is 5.53. The molecule has 3 aromatic rings. The molecule has 1 aliphatic heterocycles. The summed E-state index contributed by atoms with van der Waals surface area (Å²) in [4.78, 5) is 9.31. The zero-order valence-electron chi connectivity index (χ0n) is 19.0. The molecule has 0 amide bonds. The van der Waals surface area contributed by atoms with Gasteiger partial charge in [-0.05, 0) is 37.1 Å². The summed E-state index contributed by atoms with van der Waals surface area (Å²) in [7, 11) is 3.20. The second kappa shape index (κ2) is 9.75. The van der Waals surface area contributed by atoms with Gasteiger partial charge < -0.3 is 20.1 Å². The van der Waals surface area contributed by atoms with Crippen LogP contribution in [0, 0.1) is 0 Å². The van der Waals surface area contributed by atoms with Gasteiger partial charge in [-0.2, -0.15) is 4.98 Å². The van der Waals surface area contributed by atoms with E-state index in [1.807, 2.05) is 26.0 Å². The molecule has 0 bridgehead atoms. The number of aromatic nitrogens is 5. The lowest BCUT2D eigenvalue weighted by Crippen LogP contribution is -2.25. The summed E-state index contributed by atoms with van der Waals surface area (Å²) in [5, 5.41) is 14.5. The number of rotatable bonds is 8. The SMILES string of the molecule is COC[C@@H](C)Nc1nc2c(c(OC)n1)C(c1ccc3nnn(CC(F)F)c3c1)=C[C@@H](C)NC2. The van der Waals surface area contributed by atoms with Crippen LogP contribution in [0.4, 0.5) is 14.7 Å². The van der Waals surface area contributed by atoms with E-state index in [0.29, 0.717) is 36.0 Å². The lowest BCUT2D eigenvalue weighted by atomic mass is 9.96. The molecule has 176 valence electrons. The van der Waals surface area contributed by atoms with Crippen molar-refractivity contribution in [3.8, 4) is 5.88 Å². The average Bonchev–Trinajstić information content (AvgIpc) is 3.08. The molecule has 0 spiro atoms. The maximum atomic E-state index is 13.0. The molecule has 2 aromatic heterocycles. The molecule has 0 fully saturated rings. The van der Waals surface area contributed by atoms with E-state index >= 15 is 0 Å². The van der Waals surface area contributed by atoms with Crippen molar-refractivity contribution in [1.29, 1.82) is 0 Å². The molecule has 0 aliphatic carbocycles. The highest BCUT2D eigenvalue weighted by atomic mass is 19.3. The van der Waals surface area contributed by atoms with E-state index in [9.17, 15) is 8.78 Å². The molecule has 9 nitrogen and oxygen atoms in total. The van der Waals surface area contributed by atoms with Gasteiger partial charge in [-0.15, -0.1) is 5.10 Å². The number of nitrogens with zero attached hydrogens (tertiary/aromatic N) is 5. The fourth-order valence-corrected chi connectivity index (χ4v) is 3.90. The highest BCUT2D eigenvalue weighted by molar-refractivity contribution is 5.88. The Labute approximate surface area is 190 Å². The summed E-state index contributed by atoms with van der Waals surface area (Å²) in [5.41, 5.74) is 4.27. The Morgan fingerprint density at radius 2 is 2.09 bits per heavy atom. The van der Waals surface area contributed by atoms with Crippen LogP contribution in [0.1, 0.15) is 30.7 Å². The molecule has 3 heterocycles. The second-order valence-corrected chi connectivity index (χ2v) is 7.99. The van der Waals surface area contributed by atoms with E-state index in [4.69, 9.17) is 14.5 Å². The van der Waals surface area contributed by atoms with Crippen LogP contribution in [0.3, 0.4) is 0 Å². The predicted octanol–water partition coefficient (Wildman–Crippen LogP) is 2.87. The fourth-order valence-electron chi connectivity index (χ4n) is 3.90. The Balaban J connectivity index is 1.81. The lowest BCUT2D eigenvalue weighted by molar-refractivity contribution is 0.122. The van der Waals surface area contributed by atoms with Crippen molar-refractivity contribution < 1.29 is 18.3 Å². The van der Waals surface area contributed by atoms with Gasteiger partial charge in [-0.3, -0.25) is 0 Å². The Morgan fingerprint density at radius 3 is 2.82 bits per heavy atom. The summed E-state index contributed by atoms with van der Waals surface area (Å²) in [6.45, 7) is 4.50. The molecule has 0 radical (unpaired) electrons. The number of ether oxygens (including phenoxy) is 2. The summed E-state index contributed by atoms with van der Waals surface area (Å²) >= 11 is 0. The molecular formula is C22H27F2N7O2. The third-order valence-electron chi connectivity index (χ3n) is 5.35. The fraction of sp³-hybridized carbons (Fsp3) is 0.455. The second-order valence-electron chi connectivity index (χ2n) is 7.99. The van der Waals surface area contributed by atoms with Gasteiger partial charge in [0.2, 0.25) is 11.8 Å². The maximum Gasteiger partial charge on any atom is 0.258 e. The van der Waals surface area contributed by atoms with Gasteiger partial charge in [0.25, 0.3) is 6.43 Å². The van der Waals surface area contributed by atoms with Gasteiger partial charge in [-0.25, -0.2) is 18.4 Å². The van der Waals surface area contributed by atoms with Gasteiger partial charge >= 0.3 is 0 Å². The molecule has 0 unspecified atom stereocenters. The number of fused-ring (bicyclic) bond motifs is 2. The smallest absolute Gasteiger partial charge is 0.258 e. The minimum Gasteiger partial charge on any atom is -0.480 e. The van der Waals surface area contributed by atoms with Gasteiger partial charge in [0.1, 0.15) is 12.1 Å². The standard InChI is InChI=1S/C22H27F2N7O2/c1-12-7-15(14-5-6-16-18(8-14)31(30-29-16)10-19(23)24)20-17(9-25-12)27-22(28-21(20)33-4)26-13(2)11-32-3/h5-8,12-13,19,25H,9-11H2,1-4H3,(H,26,27,28)/t12-,13-/m1/s1. The summed E-state index contributed by atoms with van der Waals surface area (Å²) in [6.07, 6.45) is -0.471. The third kappa shape index (κ3) is 4.93. The van der Waals surface area contributed by atoms with E-state index in [0.717, 1.165) is 22.4 Å². The van der Waals surface area contributed by atoms with E-state index in [2.05, 4.69) is 32.0 Å². The number of alkyl halides is 2. The zero-order valence-corrected chi connectivity index (χ0v) is 19.0. The number of methoxy groups -OCH3 is 2. The predicted molar refractivity (Wildman–Crippen MR) is 120 cm³/mol. The first-order valence-corrected chi connectivity index (χ1v) is 10.7. The van der Waals surface area contributed by atoms with E-state index in [-0.39, 0.29) is 12.1 Å². The molecular weight excluding hydrogens is 432 g/mol. The summed E-state index contributed by atoms with van der Waals surface area (Å²) in [5.74, 6) is 0.870. The molecule has 0 saturated carbocycles. The molecule has 1 aliphatic rings. The van der Waals surface area contributed by atoms with Gasteiger partial charge in [0.15, 0.2) is 0 Å². The number of hydrogen-bond acceptors (Lipinski definition) is 8. The van der Waals surface area contributed by atoms with Crippen molar-refractivity contribution in [2.45, 2.75) is 45.4 Å². The number of nitrogens with one attached hydrogen (secondary N) is 2. The summed E-state index contributed by atoms with van der Waals surface area (Å²) < 4.78 is 38.1. The highest BCUT2D eigenvalue weighted by Gasteiger charge is 2.25. The van der Waals surface area contributed by atoms with Gasteiger partial charge in [0, 0.05) is 25.7 Å². The van der Waals surface area contributed by atoms with Crippen LogP contribution in [0.15, 0.2) is 24.3 Å². The zero-order chi connectivity index (χ0) is 23.5. The van der Waals surface area contributed by atoms with Crippen LogP contribution in [-0.4, -0.2) is 64.3 Å². The van der Waals surface area contributed by atoms with Crippen LogP contribution >= 0.6 is 0 Å². The lowest BCUT2D eigenvalue weighted by Gasteiger charge is -2.18. The van der Waals surface area contributed by atoms with Crippen LogP contribution < -0.4 is 15.4 Å². The van der Waals surface area contributed by atoms with E-state index in [1.54, 1.807) is 20.3 Å². The molecule has 0 saturated heterocycles. The molecule has 4 rings (SSSR count). The number of hydrogen-bond donors (Lipinski definition) is 2. The molecule has 2 N–H and O–H groups in total. The Hall–Kier alpha value is -3.18. The topological polar surface area (TPSA) is 99.0 Å². The monoisotopic (exact) mass is 459 g/mol. The minimum absolute atomic E-state index is 0.00968. The van der Waals surface area contributed by atoms with Gasteiger partial charge in [0.05, 0.1) is 30.5 Å². The van der Waals surface area contributed by atoms with Crippen LogP contribution in [0.25, 0.3) is 16.6 Å². The van der Waals surface area contributed by atoms with E-state index in [1.165, 1.54) is 4.68 Å². The van der Waals surface area contributed by atoms with Crippen molar-refractivity contribution in [2.75, 3.05) is 26.1 Å². The van der Waals surface area contributed by atoms with Crippen molar-refractivity contribution in [1.82, 2.24) is 30.3 Å². The molecule has 2 atom stereocenters. The van der Waals surface area contributed by atoms with Crippen molar-refractivity contribution >= 4 is 22.6 Å². The maximum absolute atomic E-state index is 13.0. The van der Waals surface area contributed by atoms with E-state index < -0.39 is 13.0 Å². The largest absolute Gasteiger partial charge is 0.480 e. The molecule has 1 aromatic carbocycles. The third-order valence-corrected chi connectivity index (χ3v) is 5.35. The highest BCUT2D eigenvalue weighted by Crippen LogP contribution is 2.36. The normalized spacial score (nSPS) is 16.9. The minimum atomic E-state index is -2.53. The van der Waals surface area contributed by atoms with Gasteiger partial charge in [-0.1, -0.05) is 17.4 Å². The molecule has 33 heavy (non-hydrogen) atoms. The number of anilines is 1. The Bertz CT molecular complexity index is 1170. The number of halogens is 2. The Morgan fingerprint density at radius 1 is 1.27 bits per heavy atom. The number of benzene rings is 1. The quantitative estimate of drug-likeness (QED) is 0.531. The van der Waals surface area contributed by atoms with Crippen molar-refractivity contribution in [3.05, 3.63) is 41.1 Å². The van der Waals surface area contributed by atoms with Crippen molar-refractivity contribution in [2.24, 2.45) is 0 Å². The van der Waals surface area contributed by atoms with Crippen LogP contribution in [0.2, 0.25) is 0 Å². The first-order chi connectivity index (χ1) is 15.9. The molecule has 11 heteroatoms.